The highest BCUT2D eigenvalue weighted by Crippen LogP contribution is 2.28. The van der Waals surface area contributed by atoms with E-state index in [9.17, 15) is 0 Å². The van der Waals surface area contributed by atoms with Gasteiger partial charge >= 0.3 is 0 Å². The molecule has 4 heteroatoms. The quantitative estimate of drug-likeness (QED) is 0.737. The monoisotopic (exact) mass is 239 g/mol. The Hall–Kier alpha value is -0.350. The lowest BCUT2D eigenvalue weighted by molar-refractivity contribution is 0.166. The molecule has 0 amide bonds. The normalized spacial score (nSPS) is 35.2. The minimum Gasteiger partial charge on any atom is -0.358 e. The zero-order valence-corrected chi connectivity index (χ0v) is 10.6. The van der Waals surface area contributed by atoms with Gasteiger partial charge in [0.25, 0.3) is 0 Å². The second-order valence-electron chi connectivity index (χ2n) is 5.34. The summed E-state index contributed by atoms with van der Waals surface area (Å²) in [6.45, 7) is 3.58. The molecular formula is C12H21N3S. The first-order chi connectivity index (χ1) is 7.84. The minimum absolute atomic E-state index is 0.642. The summed E-state index contributed by atoms with van der Waals surface area (Å²) in [6.07, 6.45) is 8.10. The van der Waals surface area contributed by atoms with Gasteiger partial charge in [-0.15, -0.1) is 0 Å². The fraction of sp³-hybridized carbons (Fsp3) is 0.917. The maximum absolute atomic E-state index is 5.48. The SMILES string of the molecule is S=C1N[C@@H]2CCCC[C@@H]2N1CN1CCCC1. The van der Waals surface area contributed by atoms with Crippen LogP contribution in [0, 0.1) is 0 Å². The molecule has 0 spiro atoms. The number of hydrogen-bond acceptors (Lipinski definition) is 2. The number of nitrogens with zero attached hydrogens (tertiary/aromatic N) is 2. The first-order valence-electron chi connectivity index (χ1n) is 6.64. The maximum atomic E-state index is 5.48. The molecule has 3 fully saturated rings. The van der Waals surface area contributed by atoms with Crippen molar-refractivity contribution in [2.24, 2.45) is 0 Å². The predicted octanol–water partition coefficient (Wildman–Crippen LogP) is 1.54. The Morgan fingerprint density at radius 2 is 1.88 bits per heavy atom. The van der Waals surface area contributed by atoms with Gasteiger partial charge in [-0.2, -0.15) is 0 Å². The Morgan fingerprint density at radius 1 is 1.12 bits per heavy atom. The van der Waals surface area contributed by atoms with Crippen LogP contribution in [0.15, 0.2) is 0 Å². The Labute approximate surface area is 103 Å². The van der Waals surface area contributed by atoms with E-state index in [1.807, 2.05) is 0 Å². The summed E-state index contributed by atoms with van der Waals surface area (Å²) in [6, 6.07) is 1.32. The zero-order valence-electron chi connectivity index (χ0n) is 9.82. The number of fused-ring (bicyclic) bond motifs is 1. The molecule has 2 atom stereocenters. The van der Waals surface area contributed by atoms with Crippen LogP contribution in [0.2, 0.25) is 0 Å². The molecule has 3 rings (SSSR count). The van der Waals surface area contributed by atoms with Gasteiger partial charge in [0.1, 0.15) is 0 Å². The molecule has 0 aromatic carbocycles. The third kappa shape index (κ3) is 1.93. The number of likely N-dealkylation sites (tertiary alicyclic amines) is 1. The van der Waals surface area contributed by atoms with Crippen LogP contribution in [0.5, 0.6) is 0 Å². The lowest BCUT2D eigenvalue weighted by atomic mass is 9.91. The molecule has 1 N–H and O–H groups in total. The molecule has 0 aromatic heterocycles. The molecule has 0 radical (unpaired) electrons. The van der Waals surface area contributed by atoms with E-state index in [4.69, 9.17) is 12.2 Å². The fourth-order valence-corrected chi connectivity index (χ4v) is 3.70. The van der Waals surface area contributed by atoms with E-state index >= 15 is 0 Å². The second-order valence-corrected chi connectivity index (χ2v) is 5.73. The molecule has 0 unspecified atom stereocenters. The van der Waals surface area contributed by atoms with Gasteiger partial charge in [0.05, 0.1) is 12.7 Å². The molecule has 2 saturated heterocycles. The molecule has 0 bridgehead atoms. The molecule has 1 aliphatic carbocycles. The van der Waals surface area contributed by atoms with Gasteiger partial charge in [0.2, 0.25) is 0 Å². The Morgan fingerprint density at radius 3 is 2.69 bits per heavy atom. The van der Waals surface area contributed by atoms with Gasteiger partial charge in [-0.05, 0) is 51.0 Å². The van der Waals surface area contributed by atoms with E-state index in [0.29, 0.717) is 12.1 Å². The van der Waals surface area contributed by atoms with Crippen molar-refractivity contribution < 1.29 is 0 Å². The largest absolute Gasteiger partial charge is 0.358 e. The first kappa shape index (κ1) is 10.8. The van der Waals surface area contributed by atoms with Crippen LogP contribution in [0.3, 0.4) is 0 Å². The van der Waals surface area contributed by atoms with E-state index in [2.05, 4.69) is 15.1 Å². The fourth-order valence-electron chi connectivity index (χ4n) is 3.35. The lowest BCUT2D eigenvalue weighted by Gasteiger charge is -2.33. The van der Waals surface area contributed by atoms with Crippen LogP contribution in [0.4, 0.5) is 0 Å². The molecule has 2 heterocycles. The average molecular weight is 239 g/mol. The van der Waals surface area contributed by atoms with Crippen LogP contribution in [0.1, 0.15) is 38.5 Å². The number of nitrogens with one attached hydrogen (secondary N) is 1. The van der Waals surface area contributed by atoms with Crippen molar-refractivity contribution in [3.05, 3.63) is 0 Å². The lowest BCUT2D eigenvalue weighted by Crippen LogP contribution is -2.44. The standard InChI is InChI=1S/C12H21N3S/c16-12-13-10-5-1-2-6-11(10)15(12)9-14-7-3-4-8-14/h10-11H,1-9H2,(H,13,16)/t10-,11+/m1/s1. The first-order valence-corrected chi connectivity index (χ1v) is 7.05. The van der Waals surface area contributed by atoms with E-state index in [1.165, 1.54) is 51.6 Å². The van der Waals surface area contributed by atoms with Gasteiger partial charge in [-0.1, -0.05) is 12.8 Å². The van der Waals surface area contributed by atoms with Gasteiger partial charge in [-0.3, -0.25) is 4.90 Å². The second kappa shape index (κ2) is 4.49. The number of thiocarbonyl (C=S) groups is 1. The van der Waals surface area contributed by atoms with Crippen molar-refractivity contribution in [3.8, 4) is 0 Å². The molecular weight excluding hydrogens is 218 g/mol. The van der Waals surface area contributed by atoms with E-state index in [-0.39, 0.29) is 0 Å². The Balaban J connectivity index is 1.65. The van der Waals surface area contributed by atoms with Gasteiger partial charge < -0.3 is 10.2 Å². The van der Waals surface area contributed by atoms with Crippen molar-refractivity contribution in [1.82, 2.24) is 15.1 Å². The minimum atomic E-state index is 0.642. The number of rotatable bonds is 2. The summed E-state index contributed by atoms with van der Waals surface area (Å²) < 4.78 is 0. The highest BCUT2D eigenvalue weighted by Gasteiger charge is 2.38. The molecule has 3 aliphatic rings. The third-order valence-corrected chi connectivity index (χ3v) is 4.60. The van der Waals surface area contributed by atoms with E-state index in [1.54, 1.807) is 0 Å². The molecule has 1 saturated carbocycles. The van der Waals surface area contributed by atoms with Gasteiger partial charge in [0.15, 0.2) is 5.11 Å². The molecule has 16 heavy (non-hydrogen) atoms. The Kier molecular flexibility index (Phi) is 3.03. The zero-order chi connectivity index (χ0) is 11.0. The number of hydrogen-bond donors (Lipinski definition) is 1. The molecule has 3 nitrogen and oxygen atoms in total. The smallest absolute Gasteiger partial charge is 0.170 e. The van der Waals surface area contributed by atoms with Crippen molar-refractivity contribution in [2.45, 2.75) is 50.6 Å². The highest BCUT2D eigenvalue weighted by atomic mass is 32.1. The summed E-state index contributed by atoms with van der Waals surface area (Å²) in [5.74, 6) is 0. The molecule has 2 aliphatic heterocycles. The van der Waals surface area contributed by atoms with E-state index < -0.39 is 0 Å². The summed E-state index contributed by atoms with van der Waals surface area (Å²) in [7, 11) is 0. The Bertz CT molecular complexity index is 275. The van der Waals surface area contributed by atoms with Gasteiger partial charge in [-0.25, -0.2) is 0 Å². The average Bonchev–Trinajstić information content (AvgIpc) is 2.89. The topological polar surface area (TPSA) is 18.5 Å². The van der Waals surface area contributed by atoms with Crippen molar-refractivity contribution in [2.75, 3.05) is 19.8 Å². The van der Waals surface area contributed by atoms with Crippen LogP contribution in [-0.4, -0.2) is 46.8 Å². The van der Waals surface area contributed by atoms with Crippen LogP contribution in [-0.2, 0) is 0 Å². The van der Waals surface area contributed by atoms with Crippen LogP contribution >= 0.6 is 12.2 Å². The summed E-state index contributed by atoms with van der Waals surface area (Å²) in [5.41, 5.74) is 0. The third-order valence-electron chi connectivity index (χ3n) is 4.25. The summed E-state index contributed by atoms with van der Waals surface area (Å²) >= 11 is 5.48. The van der Waals surface area contributed by atoms with Crippen LogP contribution < -0.4 is 5.32 Å². The van der Waals surface area contributed by atoms with Crippen molar-refractivity contribution in [1.29, 1.82) is 0 Å². The van der Waals surface area contributed by atoms with Crippen molar-refractivity contribution >= 4 is 17.3 Å². The van der Waals surface area contributed by atoms with Crippen LogP contribution in [0.25, 0.3) is 0 Å². The molecule has 90 valence electrons. The van der Waals surface area contributed by atoms with Crippen molar-refractivity contribution in [3.63, 3.8) is 0 Å². The van der Waals surface area contributed by atoms with Gasteiger partial charge in [0, 0.05) is 6.04 Å². The molecule has 0 aromatic rings. The van der Waals surface area contributed by atoms with E-state index in [0.717, 1.165) is 11.8 Å². The maximum Gasteiger partial charge on any atom is 0.170 e. The summed E-state index contributed by atoms with van der Waals surface area (Å²) in [5, 5.41) is 4.51. The predicted molar refractivity (Wildman–Crippen MR) is 69.3 cm³/mol. The summed E-state index contributed by atoms with van der Waals surface area (Å²) in [4.78, 5) is 5.00. The highest BCUT2D eigenvalue weighted by molar-refractivity contribution is 7.80.